The van der Waals surface area contributed by atoms with Crippen LogP contribution in [0.2, 0.25) is 0 Å². The number of hydrogen-bond acceptors (Lipinski definition) is 4. The van der Waals surface area contributed by atoms with Gasteiger partial charge >= 0.3 is 0 Å². The molecule has 0 radical (unpaired) electrons. The zero-order valence-corrected chi connectivity index (χ0v) is 13.6. The fourth-order valence-corrected chi connectivity index (χ4v) is 3.49. The van der Waals surface area contributed by atoms with E-state index in [1.165, 1.54) is 5.56 Å². The van der Waals surface area contributed by atoms with Crippen LogP contribution < -0.4 is 5.32 Å². The Morgan fingerprint density at radius 2 is 2.26 bits per heavy atom. The zero-order valence-electron chi connectivity index (χ0n) is 11.2. The highest BCUT2D eigenvalue weighted by Gasteiger charge is 2.10. The SMILES string of the molecule is CCNC(C)c1ccc(Sc2nncn2C)cc1Br. The molecule has 2 aromatic rings. The Balaban J connectivity index is 2.17. The van der Waals surface area contributed by atoms with Gasteiger partial charge in [0.25, 0.3) is 0 Å². The number of nitrogens with one attached hydrogen (secondary N) is 1. The van der Waals surface area contributed by atoms with E-state index in [-0.39, 0.29) is 0 Å². The maximum Gasteiger partial charge on any atom is 0.195 e. The van der Waals surface area contributed by atoms with Crippen molar-refractivity contribution in [3.05, 3.63) is 34.6 Å². The summed E-state index contributed by atoms with van der Waals surface area (Å²) in [4.78, 5) is 1.15. The van der Waals surface area contributed by atoms with Crippen LogP contribution in [-0.2, 0) is 7.05 Å². The van der Waals surface area contributed by atoms with Gasteiger partial charge in [-0.05, 0) is 42.9 Å². The first-order valence-electron chi connectivity index (χ1n) is 6.16. The van der Waals surface area contributed by atoms with Gasteiger partial charge in [-0.15, -0.1) is 10.2 Å². The van der Waals surface area contributed by atoms with Crippen LogP contribution in [0, 0.1) is 0 Å². The van der Waals surface area contributed by atoms with Crippen LogP contribution in [0.3, 0.4) is 0 Å². The zero-order chi connectivity index (χ0) is 13.8. The van der Waals surface area contributed by atoms with Gasteiger partial charge in [-0.25, -0.2) is 0 Å². The summed E-state index contributed by atoms with van der Waals surface area (Å²) in [7, 11) is 1.94. The van der Waals surface area contributed by atoms with Crippen LogP contribution in [0.25, 0.3) is 0 Å². The molecule has 0 bridgehead atoms. The Bertz CT molecular complexity index is 555. The first-order chi connectivity index (χ1) is 9.11. The molecule has 1 heterocycles. The van der Waals surface area contributed by atoms with Crippen molar-refractivity contribution in [2.24, 2.45) is 7.05 Å². The van der Waals surface area contributed by atoms with Gasteiger partial charge in [-0.3, -0.25) is 0 Å². The summed E-state index contributed by atoms with van der Waals surface area (Å²) in [6, 6.07) is 6.74. The fourth-order valence-electron chi connectivity index (χ4n) is 1.81. The third kappa shape index (κ3) is 3.58. The van der Waals surface area contributed by atoms with Crippen molar-refractivity contribution in [1.29, 1.82) is 0 Å². The summed E-state index contributed by atoms with van der Waals surface area (Å²) in [5, 5.41) is 12.3. The molecule has 1 aromatic heterocycles. The molecule has 0 fully saturated rings. The predicted octanol–water partition coefficient (Wildman–Crippen LogP) is 3.40. The summed E-state index contributed by atoms with van der Waals surface area (Å²) in [5.41, 5.74) is 1.27. The van der Waals surface area contributed by atoms with Gasteiger partial charge in [0.15, 0.2) is 5.16 Å². The minimum absolute atomic E-state index is 0.341. The topological polar surface area (TPSA) is 42.7 Å². The molecule has 0 saturated heterocycles. The first-order valence-corrected chi connectivity index (χ1v) is 7.77. The van der Waals surface area contributed by atoms with Crippen LogP contribution >= 0.6 is 27.7 Å². The quantitative estimate of drug-likeness (QED) is 0.905. The molecule has 1 aromatic carbocycles. The summed E-state index contributed by atoms with van der Waals surface area (Å²) >= 11 is 5.25. The molecule has 0 aliphatic carbocycles. The van der Waals surface area contributed by atoms with E-state index < -0.39 is 0 Å². The number of aryl methyl sites for hydroxylation is 1. The van der Waals surface area contributed by atoms with E-state index in [4.69, 9.17) is 0 Å². The highest BCUT2D eigenvalue weighted by atomic mass is 79.9. The second-order valence-corrected chi connectivity index (χ2v) is 6.18. The molecule has 19 heavy (non-hydrogen) atoms. The molecule has 0 aliphatic heterocycles. The average Bonchev–Trinajstić information content (AvgIpc) is 2.75. The van der Waals surface area contributed by atoms with Crippen molar-refractivity contribution in [2.75, 3.05) is 6.54 Å². The van der Waals surface area contributed by atoms with Gasteiger partial charge in [-0.2, -0.15) is 0 Å². The Kier molecular flexibility index (Phi) is 5.01. The highest BCUT2D eigenvalue weighted by Crippen LogP contribution is 2.31. The van der Waals surface area contributed by atoms with E-state index in [1.807, 2.05) is 11.6 Å². The second kappa shape index (κ2) is 6.54. The maximum atomic E-state index is 4.08. The standard InChI is InChI=1S/C13H17BrN4S/c1-4-15-9(2)11-6-5-10(7-12(11)14)19-13-17-16-8-18(13)3/h5-9,15H,4H2,1-3H3. The van der Waals surface area contributed by atoms with Gasteiger partial charge in [0.05, 0.1) is 0 Å². The molecule has 1 N–H and O–H groups in total. The van der Waals surface area contributed by atoms with Crippen molar-refractivity contribution in [3.8, 4) is 0 Å². The average molecular weight is 341 g/mol. The lowest BCUT2D eigenvalue weighted by atomic mass is 10.1. The molecule has 102 valence electrons. The maximum absolute atomic E-state index is 4.08. The van der Waals surface area contributed by atoms with Crippen LogP contribution in [0.15, 0.2) is 39.1 Å². The van der Waals surface area contributed by atoms with Gasteiger partial charge in [0, 0.05) is 22.5 Å². The van der Waals surface area contributed by atoms with Crippen molar-refractivity contribution in [3.63, 3.8) is 0 Å². The van der Waals surface area contributed by atoms with Gasteiger partial charge in [0.1, 0.15) is 6.33 Å². The summed E-state index contributed by atoms with van der Waals surface area (Å²) < 4.78 is 3.03. The number of aromatic nitrogens is 3. The molecule has 0 spiro atoms. The molecule has 0 saturated carbocycles. The second-order valence-electron chi connectivity index (χ2n) is 4.29. The van der Waals surface area contributed by atoms with Crippen LogP contribution in [0.1, 0.15) is 25.5 Å². The molecule has 6 heteroatoms. The molecular formula is C13H17BrN4S. The first kappa shape index (κ1) is 14.6. The van der Waals surface area contributed by atoms with E-state index in [0.29, 0.717) is 6.04 Å². The summed E-state index contributed by atoms with van der Waals surface area (Å²) in [6.07, 6.45) is 1.71. The molecule has 1 atom stereocenters. The lowest BCUT2D eigenvalue weighted by Gasteiger charge is -2.15. The number of nitrogens with zero attached hydrogens (tertiary/aromatic N) is 3. The molecule has 2 rings (SSSR count). The van der Waals surface area contributed by atoms with Crippen LogP contribution in [0.4, 0.5) is 0 Å². The monoisotopic (exact) mass is 340 g/mol. The van der Waals surface area contributed by atoms with Crippen molar-refractivity contribution < 1.29 is 0 Å². The van der Waals surface area contributed by atoms with Crippen molar-refractivity contribution >= 4 is 27.7 Å². The van der Waals surface area contributed by atoms with Gasteiger partial charge < -0.3 is 9.88 Å². The number of benzene rings is 1. The molecular weight excluding hydrogens is 324 g/mol. The van der Waals surface area contributed by atoms with E-state index >= 15 is 0 Å². The Morgan fingerprint density at radius 3 is 2.84 bits per heavy atom. The largest absolute Gasteiger partial charge is 0.311 e. The van der Waals surface area contributed by atoms with Crippen LogP contribution in [-0.4, -0.2) is 21.3 Å². The lowest BCUT2D eigenvalue weighted by molar-refractivity contribution is 0.595. The smallest absolute Gasteiger partial charge is 0.195 e. The highest BCUT2D eigenvalue weighted by molar-refractivity contribution is 9.10. The minimum Gasteiger partial charge on any atom is -0.311 e. The van der Waals surface area contributed by atoms with Crippen molar-refractivity contribution in [1.82, 2.24) is 20.1 Å². The summed E-state index contributed by atoms with van der Waals surface area (Å²) in [5.74, 6) is 0. The van der Waals surface area contributed by atoms with Crippen molar-refractivity contribution in [2.45, 2.75) is 29.9 Å². The molecule has 4 nitrogen and oxygen atoms in total. The molecule has 1 unspecified atom stereocenters. The minimum atomic E-state index is 0.341. The Hall–Kier alpha value is -0.850. The summed E-state index contributed by atoms with van der Waals surface area (Å²) in [6.45, 7) is 5.24. The van der Waals surface area contributed by atoms with Gasteiger partial charge in [0.2, 0.25) is 0 Å². The predicted molar refractivity (Wildman–Crippen MR) is 81.4 cm³/mol. The van der Waals surface area contributed by atoms with Crippen LogP contribution in [0.5, 0.6) is 0 Å². The number of halogens is 1. The Morgan fingerprint density at radius 1 is 1.47 bits per heavy atom. The third-order valence-corrected chi connectivity index (χ3v) is 4.56. The third-order valence-electron chi connectivity index (χ3n) is 2.83. The fraction of sp³-hybridized carbons (Fsp3) is 0.385. The Labute approximate surface area is 126 Å². The van der Waals surface area contributed by atoms with E-state index in [1.54, 1.807) is 18.1 Å². The lowest BCUT2D eigenvalue weighted by Crippen LogP contribution is -2.18. The van der Waals surface area contributed by atoms with E-state index in [0.717, 1.165) is 21.1 Å². The molecule has 0 amide bonds. The molecule has 0 aliphatic rings. The normalized spacial score (nSPS) is 12.6. The number of hydrogen-bond donors (Lipinski definition) is 1. The number of rotatable bonds is 5. The van der Waals surface area contributed by atoms with E-state index in [9.17, 15) is 0 Å². The van der Waals surface area contributed by atoms with E-state index in [2.05, 4.69) is 63.5 Å². The van der Waals surface area contributed by atoms with Gasteiger partial charge in [-0.1, -0.05) is 28.9 Å².